The summed E-state index contributed by atoms with van der Waals surface area (Å²) in [6.07, 6.45) is -1.24. The van der Waals surface area contributed by atoms with Gasteiger partial charge in [0.1, 0.15) is 24.5 Å². The number of anilines is 2. The first kappa shape index (κ1) is 50.1. The number of amides is 6. The molecule has 0 aromatic heterocycles. The van der Waals surface area contributed by atoms with Crippen LogP contribution in [0.2, 0.25) is 0 Å². The quantitative estimate of drug-likeness (QED) is 0.138. The first-order valence-corrected chi connectivity index (χ1v) is 15.4. The van der Waals surface area contributed by atoms with Crippen molar-refractivity contribution in [3.05, 3.63) is 55.2 Å². The normalized spacial score (nSPS) is 11.1. The van der Waals surface area contributed by atoms with Crippen molar-refractivity contribution >= 4 is 121 Å². The molecule has 16 nitrogen and oxygen atoms in total. The molecule has 1 aliphatic heterocycles. The third-order valence-electron chi connectivity index (χ3n) is 4.55. The molecule has 2 aromatic rings. The largest absolute Gasteiger partial charge is 0.481 e. The third kappa shape index (κ3) is 22.3. The number of carboxylic acids is 2. The number of hydrogen-bond acceptors (Lipinski definition) is 10. The zero-order valence-corrected chi connectivity index (χ0v) is 31.2. The summed E-state index contributed by atoms with van der Waals surface area (Å²) in [4.78, 5) is 94.8. The van der Waals surface area contributed by atoms with Gasteiger partial charge in [-0.25, -0.2) is 23.3 Å². The van der Waals surface area contributed by atoms with Gasteiger partial charge in [0.15, 0.2) is 0 Å². The van der Waals surface area contributed by atoms with Crippen molar-refractivity contribution in [1.82, 2.24) is 10.2 Å². The van der Waals surface area contributed by atoms with Crippen LogP contribution in [0.5, 0.6) is 0 Å². The van der Waals surface area contributed by atoms with E-state index in [-0.39, 0.29) is 24.0 Å². The Morgan fingerprint density at radius 2 is 1.30 bits per heavy atom. The van der Waals surface area contributed by atoms with Crippen molar-refractivity contribution in [2.24, 2.45) is 0 Å². The highest BCUT2D eigenvalue weighted by molar-refractivity contribution is 14.1. The van der Waals surface area contributed by atoms with E-state index in [1.807, 2.05) is 45.2 Å². The molecule has 1 fully saturated rings. The minimum Gasteiger partial charge on any atom is -0.481 e. The first-order chi connectivity index (χ1) is 22.5. The number of imide groups is 2. The van der Waals surface area contributed by atoms with Crippen LogP contribution in [0, 0.1) is 18.8 Å². The second-order valence-electron chi connectivity index (χ2n) is 8.59. The molecule has 6 amide bonds. The van der Waals surface area contributed by atoms with Gasteiger partial charge in [-0.2, -0.15) is 0 Å². The molecular weight excluding hydrogens is 924 g/mol. The number of halogens is 5. The summed E-state index contributed by atoms with van der Waals surface area (Å²) in [5, 5.41) is 19.7. The molecule has 0 radical (unpaired) electrons. The van der Waals surface area contributed by atoms with Gasteiger partial charge in [0, 0.05) is 42.0 Å². The van der Waals surface area contributed by atoms with Gasteiger partial charge in [0.25, 0.3) is 0 Å². The van der Waals surface area contributed by atoms with Gasteiger partial charge < -0.3 is 25.6 Å². The smallest absolute Gasteiger partial charge is 0.337 e. The number of hydrogen-bond donors (Lipinski definition) is 4. The highest BCUT2D eigenvalue weighted by Crippen LogP contribution is 2.25. The number of carboxylic acid groups (broad SMARTS) is 2. The maximum absolute atomic E-state index is 13.8. The fourth-order valence-corrected chi connectivity index (χ4v) is 3.60. The monoisotopic (exact) mass is 956 g/mol. The van der Waals surface area contributed by atoms with Crippen molar-refractivity contribution < 1.29 is 66.9 Å². The topological polar surface area (TPSA) is 234 Å². The minimum atomic E-state index is -1.31. The highest BCUT2D eigenvalue weighted by Gasteiger charge is 2.37. The average Bonchev–Trinajstić information content (AvgIpc) is 2.93. The Labute approximate surface area is 317 Å². The van der Waals surface area contributed by atoms with E-state index >= 15 is 0 Å². The van der Waals surface area contributed by atoms with Crippen molar-refractivity contribution in [2.75, 3.05) is 24.3 Å². The number of barbiturate groups is 1. The van der Waals surface area contributed by atoms with E-state index in [9.17, 15) is 51.9 Å². The molecule has 3 rings (SSSR count). The number of esters is 2. The summed E-state index contributed by atoms with van der Waals surface area (Å²) in [5.41, 5.74) is 0.0459. The lowest BCUT2D eigenvalue weighted by Gasteiger charge is -2.30. The van der Waals surface area contributed by atoms with E-state index in [1.54, 1.807) is 12.1 Å². The molecule has 0 aliphatic carbocycles. The molecule has 21 heteroatoms. The van der Waals surface area contributed by atoms with E-state index in [0.29, 0.717) is 8.47 Å². The number of nitrogens with zero attached hydrogens (tertiary/aromatic N) is 2. The Hall–Kier alpha value is -4.32. The Morgan fingerprint density at radius 1 is 0.860 bits per heavy atom. The van der Waals surface area contributed by atoms with Gasteiger partial charge in [-0.05, 0) is 93.2 Å². The molecule has 2 aromatic carbocycles. The summed E-state index contributed by atoms with van der Waals surface area (Å²) in [6.45, 7) is 3.66. The maximum atomic E-state index is 13.8. The Morgan fingerprint density at radius 3 is 1.64 bits per heavy atom. The van der Waals surface area contributed by atoms with Crippen LogP contribution < -0.4 is 15.5 Å². The third-order valence-corrected chi connectivity index (χ3v) is 5.89. The number of carbonyl (C=O) groups excluding carboxylic acids is 7. The first-order valence-electron chi connectivity index (χ1n) is 12.8. The summed E-state index contributed by atoms with van der Waals surface area (Å²) < 4.78 is 32.3. The van der Waals surface area contributed by atoms with E-state index < -0.39 is 72.2 Å². The van der Waals surface area contributed by atoms with Crippen molar-refractivity contribution in [2.45, 2.75) is 41.0 Å². The molecular formula is C29H33ClF2I2N4O12. The van der Waals surface area contributed by atoms with Crippen molar-refractivity contribution in [1.29, 1.82) is 0 Å². The van der Waals surface area contributed by atoms with E-state index in [2.05, 4.69) is 27.0 Å². The molecule has 1 saturated heterocycles. The summed E-state index contributed by atoms with van der Waals surface area (Å²) in [5.74, 6) is -6.17. The Balaban J connectivity index is -0.000000606. The van der Waals surface area contributed by atoms with Gasteiger partial charge in [-0.15, -0.1) is 0 Å². The van der Waals surface area contributed by atoms with Crippen LogP contribution in [-0.2, 0) is 38.3 Å². The molecule has 50 heavy (non-hydrogen) atoms. The van der Waals surface area contributed by atoms with Crippen LogP contribution in [0.1, 0.15) is 41.0 Å². The molecule has 276 valence electrons. The van der Waals surface area contributed by atoms with Gasteiger partial charge in [0.2, 0.25) is 17.1 Å². The minimum absolute atomic E-state index is 0. The number of nitrogens with one attached hydrogen (secondary N) is 2. The van der Waals surface area contributed by atoms with E-state index in [0.717, 1.165) is 8.47 Å². The van der Waals surface area contributed by atoms with Crippen LogP contribution in [-0.4, -0.2) is 82.2 Å². The van der Waals surface area contributed by atoms with Crippen LogP contribution in [0.25, 0.3) is 0 Å². The van der Waals surface area contributed by atoms with Gasteiger partial charge >= 0.3 is 35.9 Å². The summed E-state index contributed by atoms with van der Waals surface area (Å²) in [7, 11) is 2.73. The van der Waals surface area contributed by atoms with Crippen LogP contribution in [0.4, 0.5) is 29.7 Å². The SMILES string of the molecule is C.CC(=O)Cl.CC(=O)OC(C)=O.CN1C(=O)CC(=O)N(c2ccc(I)cc2F)C1=O.CNC(=O)Nc1ccc(I)cc1F.O=C(O)CC(=O)O. The molecule has 0 unspecified atom stereocenters. The number of rotatable bonds is 4. The summed E-state index contributed by atoms with van der Waals surface area (Å²) in [6, 6.07) is 7.46. The summed E-state index contributed by atoms with van der Waals surface area (Å²) >= 11 is 8.55. The van der Waals surface area contributed by atoms with Gasteiger partial charge in [-0.3, -0.25) is 38.5 Å². The molecule has 0 spiro atoms. The van der Waals surface area contributed by atoms with Gasteiger partial charge in [-0.1, -0.05) is 7.43 Å². The maximum Gasteiger partial charge on any atom is 0.337 e. The lowest BCUT2D eigenvalue weighted by molar-refractivity contribution is -0.156. The van der Waals surface area contributed by atoms with Crippen LogP contribution in [0.3, 0.4) is 0 Å². The number of carbonyl (C=O) groups is 9. The predicted molar refractivity (Wildman–Crippen MR) is 192 cm³/mol. The zero-order chi connectivity index (χ0) is 38.6. The van der Waals surface area contributed by atoms with Gasteiger partial charge in [0.05, 0.1) is 11.4 Å². The standard InChI is InChI=1S/C11H8FIN2O3.C8H8FIN2O.C4H6O3.C3H4O4.C2H3ClO.CH4/c1-14-9(16)5-10(17)15(11(14)18)8-3-2-6(13)4-7(8)12;1-11-8(13)12-7-3-2-5(10)4-6(7)9;1-3(5)7-4(2)6;4-2(5)1-3(6)7;1-2(3)4;/h2-4H,5H2,1H3;2-4H,1H3,(H2,11,12,13);1-2H3;1H2,(H,4,5)(H,6,7);1H3;1H4. The highest BCUT2D eigenvalue weighted by atomic mass is 127. The molecule has 1 heterocycles. The molecule has 0 bridgehead atoms. The lowest BCUT2D eigenvalue weighted by Crippen LogP contribution is -2.53. The fraction of sp³-hybridized carbons (Fsp3) is 0.276. The van der Waals surface area contributed by atoms with Crippen LogP contribution in [0.15, 0.2) is 36.4 Å². The fourth-order valence-electron chi connectivity index (χ4n) is 2.70. The molecule has 0 atom stereocenters. The Bertz CT molecular complexity index is 1530. The molecule has 4 N–H and O–H groups in total. The average molecular weight is 957 g/mol. The number of ether oxygens (including phenoxy) is 1. The van der Waals surface area contributed by atoms with Crippen LogP contribution >= 0.6 is 56.8 Å². The number of aliphatic carboxylic acids is 2. The van der Waals surface area contributed by atoms with E-state index in [1.165, 1.54) is 59.1 Å². The number of benzene rings is 2. The molecule has 0 saturated carbocycles. The molecule has 1 aliphatic rings. The Kier molecular flexibility index (Phi) is 25.7. The van der Waals surface area contributed by atoms with E-state index in [4.69, 9.17) is 10.2 Å². The number of urea groups is 2. The second-order valence-corrected chi connectivity index (χ2v) is 11.6. The van der Waals surface area contributed by atoms with Crippen molar-refractivity contribution in [3.8, 4) is 0 Å². The van der Waals surface area contributed by atoms with Crippen molar-refractivity contribution in [3.63, 3.8) is 0 Å². The zero-order valence-electron chi connectivity index (χ0n) is 26.1. The predicted octanol–water partition coefficient (Wildman–Crippen LogP) is 4.98. The lowest BCUT2D eigenvalue weighted by atomic mass is 10.2. The second kappa shape index (κ2) is 25.6.